The van der Waals surface area contributed by atoms with Crippen LogP contribution in [0.4, 0.5) is 0 Å². The van der Waals surface area contributed by atoms with Gasteiger partial charge in [0.25, 0.3) is 0 Å². The summed E-state index contributed by atoms with van der Waals surface area (Å²) in [5.41, 5.74) is 1.37. The lowest BCUT2D eigenvalue weighted by atomic mass is 9.81. The van der Waals surface area contributed by atoms with Crippen LogP contribution in [0.25, 0.3) is 11.0 Å². The molecule has 1 saturated carbocycles. The molecule has 0 N–H and O–H groups in total. The topological polar surface area (TPSA) is 93.9 Å². The van der Waals surface area contributed by atoms with Crippen LogP contribution < -0.4 is 5.63 Å². The third kappa shape index (κ3) is 4.33. The molecule has 3 atom stereocenters. The Kier molecular flexibility index (Phi) is 6.69. The zero-order valence-electron chi connectivity index (χ0n) is 18.3. The maximum atomic E-state index is 13.1. The van der Waals surface area contributed by atoms with E-state index in [0.29, 0.717) is 41.5 Å². The fraction of sp³-hybridized carbons (Fsp3) is 0.500. The van der Waals surface area contributed by atoms with Gasteiger partial charge in [0.2, 0.25) is 11.8 Å². The van der Waals surface area contributed by atoms with Crippen LogP contribution in [0.1, 0.15) is 43.2 Å². The smallest absolute Gasteiger partial charge is 0.336 e. The minimum absolute atomic E-state index is 0.136. The van der Waals surface area contributed by atoms with Crippen LogP contribution in [0.5, 0.6) is 0 Å². The number of imide groups is 1. The fourth-order valence-corrected chi connectivity index (χ4v) is 5.24. The highest BCUT2D eigenvalue weighted by atomic mass is 32.2. The minimum Gasteiger partial charge on any atom is -0.459 e. The monoisotopic (exact) mass is 457 g/mol. The number of ether oxygens (including phenoxy) is 1. The summed E-state index contributed by atoms with van der Waals surface area (Å²) >= 11 is 1.54. The summed E-state index contributed by atoms with van der Waals surface area (Å²) in [7, 11) is 0. The molecular weight excluding hydrogens is 430 g/mol. The van der Waals surface area contributed by atoms with Gasteiger partial charge in [-0.15, -0.1) is 0 Å². The predicted molar refractivity (Wildman–Crippen MR) is 121 cm³/mol. The molecule has 1 saturated heterocycles. The first-order valence-corrected chi connectivity index (χ1v) is 12.4. The normalized spacial score (nSPS) is 21.6. The van der Waals surface area contributed by atoms with Crippen molar-refractivity contribution in [1.29, 1.82) is 0 Å². The standard InChI is InChI=1S/C24H27NO6S/c1-14-7-8-16-15(12-21(26)31-20(16)11-14)13-30-24(29)19(9-10-32-2)25-22(27)17-5-3-4-6-18(17)23(25)28/h7-8,11-12,17-19H,3-6,9-10,13H2,1-2H3/t17-,18-,19-/m1/s1. The number of aryl methyl sites for hydroxylation is 1. The van der Waals surface area contributed by atoms with E-state index in [1.807, 2.05) is 25.3 Å². The largest absolute Gasteiger partial charge is 0.459 e. The van der Waals surface area contributed by atoms with Crippen molar-refractivity contribution in [2.24, 2.45) is 11.8 Å². The highest BCUT2D eigenvalue weighted by Gasteiger charge is 2.52. The SMILES string of the molecule is CSCC[C@H](C(=O)OCc1cc(=O)oc2cc(C)ccc12)N1C(=O)[C@@H]2CCCC[C@H]2C1=O. The van der Waals surface area contributed by atoms with Crippen LogP contribution in [-0.4, -0.2) is 40.7 Å². The van der Waals surface area contributed by atoms with Gasteiger partial charge in [-0.2, -0.15) is 11.8 Å². The van der Waals surface area contributed by atoms with Crippen molar-refractivity contribution in [1.82, 2.24) is 4.90 Å². The Labute approximate surface area is 190 Å². The van der Waals surface area contributed by atoms with Gasteiger partial charge < -0.3 is 9.15 Å². The molecule has 7 nitrogen and oxygen atoms in total. The number of hydrogen-bond donors (Lipinski definition) is 0. The number of likely N-dealkylation sites (tertiary alicyclic amines) is 1. The van der Waals surface area contributed by atoms with Gasteiger partial charge in [0.05, 0.1) is 11.8 Å². The number of thioether (sulfide) groups is 1. The Morgan fingerprint density at radius 2 is 1.84 bits per heavy atom. The lowest BCUT2D eigenvalue weighted by Gasteiger charge is -2.25. The van der Waals surface area contributed by atoms with Gasteiger partial charge in [-0.3, -0.25) is 14.5 Å². The van der Waals surface area contributed by atoms with Crippen LogP contribution in [0, 0.1) is 18.8 Å². The molecule has 170 valence electrons. The summed E-state index contributed by atoms with van der Waals surface area (Å²) in [5, 5.41) is 0.683. The first-order valence-electron chi connectivity index (χ1n) is 11.0. The second kappa shape index (κ2) is 9.48. The lowest BCUT2D eigenvalue weighted by Crippen LogP contribution is -2.46. The van der Waals surface area contributed by atoms with E-state index < -0.39 is 17.6 Å². The molecule has 2 aromatic rings. The van der Waals surface area contributed by atoms with E-state index in [9.17, 15) is 19.2 Å². The second-order valence-electron chi connectivity index (χ2n) is 8.54. The molecule has 0 unspecified atom stereocenters. The van der Waals surface area contributed by atoms with E-state index in [0.717, 1.165) is 18.4 Å². The summed E-state index contributed by atoms with van der Waals surface area (Å²) in [4.78, 5) is 52.3. The first-order chi connectivity index (χ1) is 15.4. The maximum absolute atomic E-state index is 13.1. The quantitative estimate of drug-likeness (QED) is 0.357. The highest BCUT2D eigenvalue weighted by molar-refractivity contribution is 7.98. The number of hydrogen-bond acceptors (Lipinski definition) is 7. The van der Waals surface area contributed by atoms with Crippen molar-refractivity contribution in [2.45, 2.75) is 51.7 Å². The molecule has 2 fully saturated rings. The molecule has 1 aliphatic carbocycles. The first kappa shape index (κ1) is 22.6. The number of amides is 2. The third-order valence-electron chi connectivity index (χ3n) is 6.41. The van der Waals surface area contributed by atoms with E-state index >= 15 is 0 Å². The summed E-state index contributed by atoms with van der Waals surface area (Å²) < 4.78 is 10.8. The Balaban J connectivity index is 1.56. The third-order valence-corrected chi connectivity index (χ3v) is 7.05. The molecule has 2 heterocycles. The summed E-state index contributed by atoms with van der Waals surface area (Å²) in [6, 6.07) is 5.83. The van der Waals surface area contributed by atoms with E-state index in [-0.39, 0.29) is 30.3 Å². The summed E-state index contributed by atoms with van der Waals surface area (Å²) in [6.07, 6.45) is 5.50. The van der Waals surface area contributed by atoms with E-state index in [1.165, 1.54) is 11.0 Å². The van der Waals surface area contributed by atoms with Crippen LogP contribution in [0.3, 0.4) is 0 Å². The molecule has 1 aromatic heterocycles. The van der Waals surface area contributed by atoms with Crippen molar-refractivity contribution in [3.05, 3.63) is 45.8 Å². The van der Waals surface area contributed by atoms with Gasteiger partial charge in [-0.1, -0.05) is 25.0 Å². The van der Waals surface area contributed by atoms with E-state index in [4.69, 9.17) is 9.15 Å². The average Bonchev–Trinajstić information content (AvgIpc) is 3.02. The van der Waals surface area contributed by atoms with E-state index in [1.54, 1.807) is 17.8 Å². The van der Waals surface area contributed by atoms with E-state index in [2.05, 4.69) is 0 Å². The fourth-order valence-electron chi connectivity index (χ4n) is 4.78. The Morgan fingerprint density at radius 3 is 2.50 bits per heavy atom. The van der Waals surface area contributed by atoms with Crippen molar-refractivity contribution in [3.8, 4) is 0 Å². The zero-order chi connectivity index (χ0) is 22.8. The Hall–Kier alpha value is -2.61. The highest BCUT2D eigenvalue weighted by Crippen LogP contribution is 2.39. The second-order valence-corrected chi connectivity index (χ2v) is 9.52. The number of benzene rings is 1. The zero-order valence-corrected chi connectivity index (χ0v) is 19.1. The number of carbonyl (C=O) groups excluding carboxylic acids is 3. The number of nitrogens with zero attached hydrogens (tertiary/aromatic N) is 1. The molecule has 8 heteroatoms. The van der Waals surface area contributed by atoms with Crippen LogP contribution in [0.2, 0.25) is 0 Å². The molecule has 2 amide bonds. The molecule has 32 heavy (non-hydrogen) atoms. The molecule has 1 aliphatic heterocycles. The summed E-state index contributed by atoms with van der Waals surface area (Å²) in [6.45, 7) is 1.76. The van der Waals surface area contributed by atoms with Crippen LogP contribution >= 0.6 is 11.8 Å². The predicted octanol–water partition coefficient (Wildman–Crippen LogP) is 3.44. The van der Waals surface area contributed by atoms with Crippen molar-refractivity contribution in [2.75, 3.05) is 12.0 Å². The Morgan fingerprint density at radius 1 is 1.16 bits per heavy atom. The lowest BCUT2D eigenvalue weighted by molar-refractivity contribution is -0.159. The summed E-state index contributed by atoms with van der Waals surface area (Å²) in [5.74, 6) is -1.12. The molecule has 0 spiro atoms. The molecule has 4 rings (SSSR count). The maximum Gasteiger partial charge on any atom is 0.336 e. The number of esters is 1. The van der Waals surface area contributed by atoms with Crippen LogP contribution in [-0.2, 0) is 25.7 Å². The Bertz CT molecular complexity index is 1090. The van der Waals surface area contributed by atoms with Gasteiger partial charge in [0.1, 0.15) is 18.2 Å². The van der Waals surface area contributed by atoms with Gasteiger partial charge in [0.15, 0.2) is 0 Å². The average molecular weight is 458 g/mol. The molecule has 0 radical (unpaired) electrons. The van der Waals surface area contributed by atoms with Gasteiger partial charge in [-0.25, -0.2) is 9.59 Å². The molecule has 1 aromatic carbocycles. The van der Waals surface area contributed by atoms with Crippen molar-refractivity contribution >= 4 is 40.5 Å². The van der Waals surface area contributed by atoms with Gasteiger partial charge in [0, 0.05) is 17.0 Å². The van der Waals surface area contributed by atoms with Gasteiger partial charge in [-0.05, 0) is 49.8 Å². The number of rotatable bonds is 7. The van der Waals surface area contributed by atoms with Crippen molar-refractivity contribution < 1.29 is 23.5 Å². The minimum atomic E-state index is -0.943. The van der Waals surface area contributed by atoms with Crippen molar-refractivity contribution in [3.63, 3.8) is 0 Å². The van der Waals surface area contributed by atoms with Gasteiger partial charge >= 0.3 is 11.6 Å². The number of carbonyl (C=O) groups is 3. The van der Waals surface area contributed by atoms with Crippen LogP contribution in [0.15, 0.2) is 33.5 Å². The molecular formula is C24H27NO6S. The molecule has 0 bridgehead atoms. The number of fused-ring (bicyclic) bond motifs is 2. The molecule has 2 aliphatic rings.